The van der Waals surface area contributed by atoms with Crippen LogP contribution in [0.5, 0.6) is 0 Å². The lowest BCUT2D eigenvalue weighted by Crippen LogP contribution is -2.53. The summed E-state index contributed by atoms with van der Waals surface area (Å²) in [6.45, 7) is 1.93. The molecular formula is C21H22ClF3N4O. The second-order valence-corrected chi connectivity index (χ2v) is 7.98. The molecule has 2 aliphatic heterocycles. The van der Waals surface area contributed by atoms with E-state index in [-0.39, 0.29) is 18.0 Å². The zero-order valence-electron chi connectivity index (χ0n) is 16.1. The molecule has 5 nitrogen and oxygen atoms in total. The third-order valence-corrected chi connectivity index (χ3v) is 5.86. The Morgan fingerprint density at radius 1 is 1.00 bits per heavy atom. The third kappa shape index (κ3) is 4.55. The number of nitrogens with one attached hydrogen (secondary N) is 2. The molecule has 2 atom stereocenters. The second-order valence-electron chi connectivity index (χ2n) is 7.54. The molecule has 30 heavy (non-hydrogen) atoms. The Hall–Kier alpha value is -2.29. The molecule has 0 spiro atoms. The standard InChI is InChI=1S/C21H22ClF3N4O/c22-16-6-4-14(5-7-16)18-13-19(27-26-18)20(30)29-10-8-28(9-11-29)17-3-1-2-15(12-17)21(23,24)25/h1-7,12,18-19,26-27H,8-11,13H2. The van der Waals surface area contributed by atoms with Crippen molar-refractivity contribution in [3.63, 3.8) is 0 Å². The molecule has 1 amide bonds. The highest BCUT2D eigenvalue weighted by Crippen LogP contribution is 2.32. The zero-order chi connectivity index (χ0) is 21.3. The summed E-state index contributed by atoms with van der Waals surface area (Å²) in [4.78, 5) is 16.6. The first-order chi connectivity index (χ1) is 14.3. The van der Waals surface area contributed by atoms with Gasteiger partial charge in [0.2, 0.25) is 5.91 Å². The van der Waals surface area contributed by atoms with E-state index in [9.17, 15) is 18.0 Å². The first-order valence-corrected chi connectivity index (χ1v) is 10.2. The van der Waals surface area contributed by atoms with Crippen LogP contribution in [0.15, 0.2) is 48.5 Å². The Balaban J connectivity index is 1.33. The summed E-state index contributed by atoms with van der Waals surface area (Å²) in [5.74, 6) is 0.00246. The average molecular weight is 439 g/mol. The first kappa shape index (κ1) is 21.0. The summed E-state index contributed by atoms with van der Waals surface area (Å²) >= 11 is 5.93. The fourth-order valence-corrected chi connectivity index (χ4v) is 4.04. The number of carbonyl (C=O) groups is 1. The maximum atomic E-state index is 13.0. The van der Waals surface area contributed by atoms with Crippen molar-refractivity contribution in [1.82, 2.24) is 15.8 Å². The van der Waals surface area contributed by atoms with Gasteiger partial charge in [0.1, 0.15) is 6.04 Å². The first-order valence-electron chi connectivity index (χ1n) is 9.79. The summed E-state index contributed by atoms with van der Waals surface area (Å²) in [5, 5.41) is 0.663. The molecule has 4 rings (SSSR count). The summed E-state index contributed by atoms with van der Waals surface area (Å²) in [6, 6.07) is 12.5. The molecule has 2 heterocycles. The molecule has 2 unspecified atom stereocenters. The van der Waals surface area contributed by atoms with Crippen LogP contribution in [0.2, 0.25) is 5.02 Å². The van der Waals surface area contributed by atoms with Crippen LogP contribution in [0.4, 0.5) is 18.9 Å². The van der Waals surface area contributed by atoms with E-state index in [0.29, 0.717) is 43.3 Å². The lowest BCUT2D eigenvalue weighted by Gasteiger charge is -2.37. The lowest BCUT2D eigenvalue weighted by molar-refractivity contribution is -0.137. The number of carbonyl (C=O) groups excluding carboxylic acids is 1. The van der Waals surface area contributed by atoms with E-state index in [1.54, 1.807) is 11.0 Å². The number of amides is 1. The molecule has 0 aliphatic carbocycles. The predicted molar refractivity (Wildman–Crippen MR) is 109 cm³/mol. The van der Waals surface area contributed by atoms with Crippen LogP contribution in [0.3, 0.4) is 0 Å². The van der Waals surface area contributed by atoms with E-state index in [1.165, 1.54) is 6.07 Å². The van der Waals surface area contributed by atoms with Crippen molar-refractivity contribution in [3.05, 3.63) is 64.7 Å². The number of benzene rings is 2. The molecule has 2 N–H and O–H groups in total. The highest BCUT2D eigenvalue weighted by Gasteiger charge is 2.35. The molecule has 2 aromatic rings. The van der Waals surface area contributed by atoms with E-state index in [1.807, 2.05) is 29.2 Å². The van der Waals surface area contributed by atoms with Crippen LogP contribution in [-0.4, -0.2) is 43.0 Å². The van der Waals surface area contributed by atoms with Crippen molar-refractivity contribution < 1.29 is 18.0 Å². The van der Waals surface area contributed by atoms with Gasteiger partial charge in [-0.15, -0.1) is 0 Å². The molecule has 9 heteroatoms. The van der Waals surface area contributed by atoms with Gasteiger partial charge in [0.15, 0.2) is 0 Å². The van der Waals surface area contributed by atoms with Crippen LogP contribution >= 0.6 is 11.6 Å². The maximum Gasteiger partial charge on any atom is 0.416 e. The number of piperazine rings is 1. The Morgan fingerprint density at radius 2 is 1.70 bits per heavy atom. The normalized spacial score (nSPS) is 22.4. The van der Waals surface area contributed by atoms with Crippen molar-refractivity contribution in [2.75, 3.05) is 31.1 Å². The SMILES string of the molecule is O=C(C1CC(c2ccc(Cl)cc2)NN1)N1CCN(c2cccc(C(F)(F)F)c2)CC1. The van der Waals surface area contributed by atoms with E-state index >= 15 is 0 Å². The number of rotatable bonds is 3. The van der Waals surface area contributed by atoms with Crippen LogP contribution in [0.1, 0.15) is 23.6 Å². The quantitative estimate of drug-likeness (QED) is 0.768. The molecule has 2 fully saturated rings. The number of hydrogen-bond acceptors (Lipinski definition) is 4. The summed E-state index contributed by atoms with van der Waals surface area (Å²) in [6.07, 6.45) is -3.75. The van der Waals surface area contributed by atoms with Crippen molar-refractivity contribution in [3.8, 4) is 0 Å². The Bertz CT molecular complexity index is 898. The van der Waals surface area contributed by atoms with Crippen LogP contribution < -0.4 is 15.8 Å². The Kier molecular flexibility index (Phi) is 5.90. The fraction of sp³-hybridized carbons (Fsp3) is 0.381. The molecular weight excluding hydrogens is 417 g/mol. The van der Waals surface area contributed by atoms with Gasteiger partial charge in [0, 0.05) is 42.9 Å². The van der Waals surface area contributed by atoms with Crippen molar-refractivity contribution >= 4 is 23.2 Å². The summed E-state index contributed by atoms with van der Waals surface area (Å²) in [7, 11) is 0. The minimum Gasteiger partial charge on any atom is -0.368 e. The van der Waals surface area contributed by atoms with Crippen molar-refractivity contribution in [1.29, 1.82) is 0 Å². The lowest BCUT2D eigenvalue weighted by atomic mass is 10.0. The number of anilines is 1. The zero-order valence-corrected chi connectivity index (χ0v) is 16.9. The molecule has 2 aromatic carbocycles. The van der Waals surface area contributed by atoms with Crippen molar-refractivity contribution in [2.24, 2.45) is 0 Å². The molecule has 0 bridgehead atoms. The predicted octanol–water partition coefficient (Wildman–Crippen LogP) is 3.62. The maximum absolute atomic E-state index is 13.0. The van der Waals surface area contributed by atoms with Gasteiger partial charge in [-0.05, 0) is 42.3 Å². The van der Waals surface area contributed by atoms with E-state index in [0.717, 1.165) is 17.7 Å². The van der Waals surface area contributed by atoms with Gasteiger partial charge in [-0.3, -0.25) is 4.79 Å². The van der Waals surface area contributed by atoms with E-state index in [4.69, 9.17) is 11.6 Å². The topological polar surface area (TPSA) is 47.6 Å². The van der Waals surface area contributed by atoms with Gasteiger partial charge in [0.25, 0.3) is 0 Å². The van der Waals surface area contributed by atoms with Gasteiger partial charge in [0.05, 0.1) is 5.56 Å². The van der Waals surface area contributed by atoms with Gasteiger partial charge < -0.3 is 9.80 Å². The van der Waals surface area contributed by atoms with Gasteiger partial charge >= 0.3 is 6.18 Å². The fourth-order valence-electron chi connectivity index (χ4n) is 3.92. The van der Waals surface area contributed by atoms with Gasteiger partial charge in [-0.2, -0.15) is 13.2 Å². The average Bonchev–Trinajstić information content (AvgIpc) is 3.24. The van der Waals surface area contributed by atoms with Gasteiger partial charge in [-0.25, -0.2) is 10.9 Å². The number of hydrazine groups is 1. The monoisotopic (exact) mass is 438 g/mol. The molecule has 0 saturated carbocycles. The highest BCUT2D eigenvalue weighted by atomic mass is 35.5. The molecule has 160 valence electrons. The molecule has 0 aromatic heterocycles. The molecule has 2 saturated heterocycles. The number of hydrogen-bond donors (Lipinski definition) is 2. The van der Waals surface area contributed by atoms with Crippen LogP contribution in [-0.2, 0) is 11.0 Å². The van der Waals surface area contributed by atoms with Crippen molar-refractivity contribution in [2.45, 2.75) is 24.7 Å². The largest absolute Gasteiger partial charge is 0.416 e. The summed E-state index contributed by atoms with van der Waals surface area (Å²) < 4.78 is 38.9. The third-order valence-electron chi connectivity index (χ3n) is 5.60. The highest BCUT2D eigenvalue weighted by molar-refractivity contribution is 6.30. The minimum atomic E-state index is -4.37. The second kappa shape index (κ2) is 8.45. The number of alkyl halides is 3. The van der Waals surface area contributed by atoms with Gasteiger partial charge in [-0.1, -0.05) is 29.8 Å². The number of nitrogens with zero attached hydrogens (tertiary/aromatic N) is 2. The van der Waals surface area contributed by atoms with E-state index in [2.05, 4.69) is 10.9 Å². The van der Waals surface area contributed by atoms with Crippen LogP contribution in [0, 0.1) is 0 Å². The smallest absolute Gasteiger partial charge is 0.368 e. The van der Waals surface area contributed by atoms with Crippen LogP contribution in [0.25, 0.3) is 0 Å². The van der Waals surface area contributed by atoms with E-state index < -0.39 is 11.7 Å². The number of halogens is 4. The Morgan fingerprint density at radius 3 is 2.37 bits per heavy atom. The molecule has 0 radical (unpaired) electrons. The Labute approximate surface area is 177 Å². The molecule has 2 aliphatic rings. The minimum absolute atomic E-state index is 0.00246. The summed E-state index contributed by atoms with van der Waals surface area (Å²) in [5.41, 5.74) is 7.15.